The lowest BCUT2D eigenvalue weighted by atomic mass is 9.60. The van der Waals surface area contributed by atoms with Gasteiger partial charge in [-0.2, -0.15) is 0 Å². The number of nitro groups is 1. The van der Waals surface area contributed by atoms with Crippen LogP contribution in [0.5, 0.6) is 0 Å². The van der Waals surface area contributed by atoms with Crippen LogP contribution >= 0.6 is 0 Å². The van der Waals surface area contributed by atoms with Gasteiger partial charge < -0.3 is 9.64 Å². The number of nitrogens with zero attached hydrogens (tertiary/aromatic N) is 3. The summed E-state index contributed by atoms with van der Waals surface area (Å²) in [6.45, 7) is 2.76. The third-order valence-electron chi connectivity index (χ3n) is 5.41. The average Bonchev–Trinajstić information content (AvgIpc) is 3.03. The fourth-order valence-electron chi connectivity index (χ4n) is 4.34. The van der Waals surface area contributed by atoms with Gasteiger partial charge in [-0.1, -0.05) is 12.8 Å². The molecule has 120 valence electrons. The normalized spacial score (nSPS) is 25.9. The molecule has 0 aliphatic heterocycles. The van der Waals surface area contributed by atoms with E-state index < -0.39 is 0 Å². The molecule has 0 amide bonds. The Labute approximate surface area is 130 Å². The quantitative estimate of drug-likeness (QED) is 0.617. The van der Waals surface area contributed by atoms with E-state index in [1.165, 1.54) is 18.9 Å². The topological polar surface area (TPSA) is 68.5 Å². The van der Waals surface area contributed by atoms with E-state index in [1.807, 2.05) is 18.9 Å². The third kappa shape index (κ3) is 2.26. The molecule has 2 unspecified atom stereocenters. The fraction of sp³-hybridized carbons (Fsp3) is 0.688. The Bertz CT molecular complexity index is 557. The molecular weight excluding hydrogens is 282 g/mol. The molecule has 2 aliphatic rings. The van der Waals surface area contributed by atoms with Crippen molar-refractivity contribution in [1.82, 2.24) is 4.98 Å². The zero-order valence-electron chi connectivity index (χ0n) is 13.2. The van der Waals surface area contributed by atoms with Crippen molar-refractivity contribution in [3.05, 3.63) is 28.4 Å². The summed E-state index contributed by atoms with van der Waals surface area (Å²) in [5.74, 6) is 0.471. The van der Waals surface area contributed by atoms with Gasteiger partial charge in [0.05, 0.1) is 11.0 Å². The highest BCUT2D eigenvalue weighted by molar-refractivity contribution is 5.58. The van der Waals surface area contributed by atoms with Crippen LogP contribution in [0.1, 0.15) is 39.0 Å². The monoisotopic (exact) mass is 305 g/mol. The Morgan fingerprint density at radius 2 is 2.23 bits per heavy atom. The second-order valence-electron chi connectivity index (χ2n) is 6.35. The van der Waals surface area contributed by atoms with Crippen molar-refractivity contribution >= 4 is 11.5 Å². The summed E-state index contributed by atoms with van der Waals surface area (Å²) in [5.41, 5.74) is 0.230. The highest BCUT2D eigenvalue weighted by Crippen LogP contribution is 2.57. The van der Waals surface area contributed by atoms with Crippen LogP contribution in [-0.2, 0) is 4.74 Å². The van der Waals surface area contributed by atoms with E-state index >= 15 is 0 Å². The van der Waals surface area contributed by atoms with Gasteiger partial charge in [-0.15, -0.1) is 0 Å². The maximum absolute atomic E-state index is 11.2. The van der Waals surface area contributed by atoms with E-state index in [2.05, 4.69) is 4.98 Å². The average molecular weight is 305 g/mol. The Balaban J connectivity index is 1.87. The highest BCUT2D eigenvalue weighted by atomic mass is 16.6. The molecule has 22 heavy (non-hydrogen) atoms. The van der Waals surface area contributed by atoms with E-state index in [0.29, 0.717) is 5.82 Å². The largest absolute Gasteiger partial charge is 0.378 e. The van der Waals surface area contributed by atoms with Crippen LogP contribution in [0.25, 0.3) is 0 Å². The molecule has 1 aromatic heterocycles. The van der Waals surface area contributed by atoms with Gasteiger partial charge in [0.25, 0.3) is 0 Å². The van der Waals surface area contributed by atoms with Gasteiger partial charge in [0.2, 0.25) is 5.82 Å². The number of ether oxygens (including phenoxy) is 1. The molecule has 0 bridgehead atoms. The zero-order valence-corrected chi connectivity index (χ0v) is 13.2. The predicted octanol–water partition coefficient (Wildman–Crippen LogP) is 3.16. The van der Waals surface area contributed by atoms with Crippen LogP contribution in [-0.4, -0.2) is 35.7 Å². The lowest BCUT2D eigenvalue weighted by Gasteiger charge is -2.57. The summed E-state index contributed by atoms with van der Waals surface area (Å²) in [6, 6.07) is 3.42. The van der Waals surface area contributed by atoms with Crippen molar-refractivity contribution in [2.45, 2.75) is 51.2 Å². The minimum atomic E-state index is -0.348. The van der Waals surface area contributed by atoms with Gasteiger partial charge in [0.1, 0.15) is 0 Å². The minimum absolute atomic E-state index is 0.0815. The number of aromatic nitrogens is 1. The highest BCUT2D eigenvalue weighted by Gasteiger charge is 2.58. The number of anilines is 1. The molecule has 1 spiro atoms. The van der Waals surface area contributed by atoms with Crippen molar-refractivity contribution in [2.75, 3.05) is 18.6 Å². The first-order chi connectivity index (χ1) is 10.6. The van der Waals surface area contributed by atoms with E-state index in [9.17, 15) is 10.1 Å². The SMILES string of the molecule is CCOC1CC(N(C)c2ncccc2[N+](=O)[O-])C12CCCC2. The van der Waals surface area contributed by atoms with E-state index in [0.717, 1.165) is 25.9 Å². The van der Waals surface area contributed by atoms with Gasteiger partial charge in [0.15, 0.2) is 0 Å². The molecule has 1 aromatic rings. The molecule has 2 atom stereocenters. The number of pyridine rings is 1. The van der Waals surface area contributed by atoms with Crippen molar-refractivity contribution in [3.8, 4) is 0 Å². The standard InChI is InChI=1S/C16H23N3O3/c1-3-22-14-11-13(16(14)8-4-5-9-16)18(2)15-12(19(20)21)7-6-10-17-15/h6-7,10,13-14H,3-5,8-9,11H2,1-2H3. The predicted molar refractivity (Wildman–Crippen MR) is 84.0 cm³/mol. The molecule has 6 heteroatoms. The van der Waals surface area contributed by atoms with Gasteiger partial charge >= 0.3 is 5.69 Å². The van der Waals surface area contributed by atoms with E-state index in [4.69, 9.17) is 4.74 Å². The zero-order chi connectivity index (χ0) is 15.7. The lowest BCUT2D eigenvalue weighted by Crippen LogP contribution is -2.63. The summed E-state index contributed by atoms with van der Waals surface area (Å²) in [5, 5.41) is 11.2. The molecule has 3 rings (SSSR count). The molecule has 2 fully saturated rings. The van der Waals surface area contributed by atoms with E-state index in [-0.39, 0.29) is 28.2 Å². The molecule has 2 aliphatic carbocycles. The second-order valence-corrected chi connectivity index (χ2v) is 6.35. The maximum Gasteiger partial charge on any atom is 0.311 e. The molecule has 0 radical (unpaired) electrons. The summed E-state index contributed by atoms with van der Waals surface area (Å²) >= 11 is 0. The van der Waals surface area contributed by atoms with Crippen LogP contribution in [0.15, 0.2) is 18.3 Å². The number of rotatable bonds is 5. The first-order valence-corrected chi connectivity index (χ1v) is 8.04. The van der Waals surface area contributed by atoms with Gasteiger partial charge in [-0.05, 0) is 32.3 Å². The van der Waals surface area contributed by atoms with Gasteiger partial charge in [-0.3, -0.25) is 10.1 Å². The molecular formula is C16H23N3O3. The van der Waals surface area contributed by atoms with Crippen molar-refractivity contribution in [1.29, 1.82) is 0 Å². The van der Waals surface area contributed by atoms with Crippen LogP contribution in [0, 0.1) is 15.5 Å². The first-order valence-electron chi connectivity index (χ1n) is 8.04. The smallest absolute Gasteiger partial charge is 0.311 e. The Kier molecular flexibility index (Phi) is 4.04. The fourth-order valence-corrected chi connectivity index (χ4v) is 4.34. The van der Waals surface area contributed by atoms with Gasteiger partial charge in [0, 0.05) is 37.4 Å². The van der Waals surface area contributed by atoms with Crippen molar-refractivity contribution in [2.24, 2.45) is 5.41 Å². The molecule has 1 heterocycles. The maximum atomic E-state index is 11.2. The number of hydrogen-bond donors (Lipinski definition) is 0. The molecule has 2 saturated carbocycles. The Hall–Kier alpha value is -1.69. The Morgan fingerprint density at radius 1 is 1.50 bits per heavy atom. The molecule has 0 N–H and O–H groups in total. The van der Waals surface area contributed by atoms with E-state index in [1.54, 1.807) is 12.3 Å². The Morgan fingerprint density at radius 3 is 2.86 bits per heavy atom. The summed E-state index contributed by atoms with van der Waals surface area (Å²) in [7, 11) is 1.93. The van der Waals surface area contributed by atoms with Crippen LogP contribution < -0.4 is 4.90 Å². The first kappa shape index (κ1) is 15.2. The number of hydrogen-bond acceptors (Lipinski definition) is 5. The van der Waals surface area contributed by atoms with Gasteiger partial charge in [-0.25, -0.2) is 4.98 Å². The second kappa shape index (κ2) is 5.83. The summed E-state index contributed by atoms with van der Waals surface area (Å²) < 4.78 is 5.93. The van der Waals surface area contributed by atoms with Crippen LogP contribution in [0.3, 0.4) is 0 Å². The lowest BCUT2D eigenvalue weighted by molar-refractivity contribution is -0.384. The summed E-state index contributed by atoms with van der Waals surface area (Å²) in [4.78, 5) is 17.2. The van der Waals surface area contributed by atoms with Crippen molar-refractivity contribution < 1.29 is 9.66 Å². The molecule has 6 nitrogen and oxygen atoms in total. The third-order valence-corrected chi connectivity index (χ3v) is 5.41. The van der Waals surface area contributed by atoms with Crippen molar-refractivity contribution in [3.63, 3.8) is 0 Å². The molecule has 0 aromatic carbocycles. The molecule has 0 saturated heterocycles. The van der Waals surface area contributed by atoms with Crippen LogP contribution in [0.2, 0.25) is 0 Å². The van der Waals surface area contributed by atoms with Crippen LogP contribution in [0.4, 0.5) is 11.5 Å². The minimum Gasteiger partial charge on any atom is -0.378 e. The summed E-state index contributed by atoms with van der Waals surface area (Å²) in [6.07, 6.45) is 7.57.